The topological polar surface area (TPSA) is 117 Å². The minimum atomic E-state index is -0.709. The molecule has 1 aromatic carbocycles. The molecule has 2 N–H and O–H groups in total. The van der Waals surface area contributed by atoms with E-state index in [2.05, 4.69) is 16.3 Å². The summed E-state index contributed by atoms with van der Waals surface area (Å²) in [5.74, 6) is -0.570. The van der Waals surface area contributed by atoms with Crippen molar-refractivity contribution in [1.82, 2.24) is 20.2 Å². The molecule has 0 bridgehead atoms. The van der Waals surface area contributed by atoms with Crippen LogP contribution in [0, 0.1) is 28.6 Å². The average molecular weight is 512 g/mol. The zero-order valence-corrected chi connectivity index (χ0v) is 22.4. The summed E-state index contributed by atoms with van der Waals surface area (Å²) in [6.45, 7) is 9.07. The van der Waals surface area contributed by atoms with Crippen LogP contribution in [0.2, 0.25) is 0 Å². The fourth-order valence-electron chi connectivity index (χ4n) is 5.34. The Morgan fingerprint density at radius 3 is 2.32 bits per heavy atom. The van der Waals surface area contributed by atoms with Crippen molar-refractivity contribution in [1.29, 1.82) is 5.26 Å². The predicted molar refractivity (Wildman–Crippen MR) is 139 cm³/mol. The second-order valence-electron chi connectivity index (χ2n) is 11.5. The van der Waals surface area contributed by atoms with Crippen LogP contribution in [0.15, 0.2) is 24.3 Å². The van der Waals surface area contributed by atoms with Gasteiger partial charge in [0.05, 0.1) is 24.1 Å². The summed E-state index contributed by atoms with van der Waals surface area (Å²) in [6.07, 6.45) is 5.27. The van der Waals surface area contributed by atoms with Gasteiger partial charge >= 0.3 is 0 Å². The van der Waals surface area contributed by atoms with Crippen LogP contribution >= 0.6 is 0 Å². The van der Waals surface area contributed by atoms with Gasteiger partial charge < -0.3 is 10.2 Å². The molecule has 0 spiro atoms. The van der Waals surface area contributed by atoms with Gasteiger partial charge in [-0.05, 0) is 35.4 Å². The smallest absolute Gasteiger partial charge is 0.245 e. The van der Waals surface area contributed by atoms with Gasteiger partial charge in [-0.1, -0.05) is 58.6 Å². The highest BCUT2D eigenvalue weighted by molar-refractivity contribution is 5.89. The molecule has 9 nitrogen and oxygen atoms in total. The Morgan fingerprint density at radius 1 is 1.16 bits per heavy atom. The van der Waals surface area contributed by atoms with E-state index in [1.54, 1.807) is 0 Å². The summed E-state index contributed by atoms with van der Waals surface area (Å²) in [7, 11) is 0. The maximum absolute atomic E-state index is 13.6. The van der Waals surface area contributed by atoms with Crippen molar-refractivity contribution in [3.8, 4) is 6.07 Å². The van der Waals surface area contributed by atoms with Crippen molar-refractivity contribution in [2.45, 2.75) is 65.5 Å². The number of piperazine rings is 1. The Balaban J connectivity index is 1.61. The fourth-order valence-corrected chi connectivity index (χ4v) is 5.34. The molecule has 1 aromatic rings. The minimum absolute atomic E-state index is 0.0785. The Kier molecular flexibility index (Phi) is 10.1. The van der Waals surface area contributed by atoms with Gasteiger partial charge in [-0.25, -0.2) is 5.06 Å². The highest BCUT2D eigenvalue weighted by atomic mass is 16.5. The minimum Gasteiger partial charge on any atom is -0.344 e. The third-order valence-electron chi connectivity index (χ3n) is 7.57. The Morgan fingerprint density at radius 2 is 1.78 bits per heavy atom. The molecule has 1 aliphatic carbocycles. The number of benzene rings is 1. The van der Waals surface area contributed by atoms with Gasteiger partial charge in [-0.2, -0.15) is 5.26 Å². The van der Waals surface area contributed by atoms with Crippen molar-refractivity contribution in [3.05, 3.63) is 35.4 Å². The van der Waals surface area contributed by atoms with Crippen molar-refractivity contribution in [2.24, 2.45) is 17.3 Å². The predicted octanol–water partition coefficient (Wildman–Crippen LogP) is 2.78. The second kappa shape index (κ2) is 13.0. The number of carbonyl (C=O) groups is 3. The van der Waals surface area contributed by atoms with E-state index in [0.717, 1.165) is 50.9 Å². The van der Waals surface area contributed by atoms with Crippen molar-refractivity contribution in [3.63, 3.8) is 0 Å². The summed E-state index contributed by atoms with van der Waals surface area (Å²) >= 11 is 0. The number of amides is 3. The first-order chi connectivity index (χ1) is 17.6. The van der Waals surface area contributed by atoms with Gasteiger partial charge in [0.25, 0.3) is 0 Å². The van der Waals surface area contributed by atoms with Crippen LogP contribution in [0.1, 0.15) is 64.0 Å². The Bertz CT molecular complexity index is 954. The average Bonchev–Trinajstić information content (AvgIpc) is 3.39. The maximum Gasteiger partial charge on any atom is 0.245 e. The van der Waals surface area contributed by atoms with Gasteiger partial charge in [-0.15, -0.1) is 0 Å². The van der Waals surface area contributed by atoms with Gasteiger partial charge in [0.1, 0.15) is 6.04 Å². The number of nitriles is 1. The maximum atomic E-state index is 13.6. The summed E-state index contributed by atoms with van der Waals surface area (Å²) in [4.78, 5) is 42.1. The SMILES string of the molecule is CC(C)(C)[C@H](NC(=O)C(CC1CCCC1)CN(O)C=O)C(=O)N1CCN(Cc2ccc(C#N)cc2)CC1. The first kappa shape index (κ1) is 28.6. The monoisotopic (exact) mass is 511 g/mol. The quantitative estimate of drug-likeness (QED) is 0.283. The highest BCUT2D eigenvalue weighted by Crippen LogP contribution is 2.31. The first-order valence-corrected chi connectivity index (χ1v) is 13.3. The van der Waals surface area contributed by atoms with Crippen LogP contribution in [0.25, 0.3) is 0 Å². The van der Waals surface area contributed by atoms with E-state index in [4.69, 9.17) is 5.26 Å². The van der Waals surface area contributed by atoms with Crippen LogP contribution < -0.4 is 5.32 Å². The highest BCUT2D eigenvalue weighted by Gasteiger charge is 2.38. The summed E-state index contributed by atoms with van der Waals surface area (Å²) in [5, 5.41) is 22.3. The largest absolute Gasteiger partial charge is 0.344 e. The van der Waals surface area contributed by atoms with Crippen LogP contribution in [0.4, 0.5) is 0 Å². The van der Waals surface area contributed by atoms with Crippen molar-refractivity contribution < 1.29 is 19.6 Å². The van der Waals surface area contributed by atoms with E-state index in [1.807, 2.05) is 49.9 Å². The standard InChI is InChI=1S/C28H41N5O4/c1-28(2,3)25(30-26(35)24(19-33(37)20-34)16-21-6-4-5-7-21)27(36)32-14-12-31(13-15-32)18-23-10-8-22(17-29)9-11-23/h8-11,20-21,24-25,37H,4-7,12-16,18-19H2,1-3H3,(H,30,35)/t24?,25-/m1/s1. The van der Waals surface area contributed by atoms with Crippen LogP contribution in [-0.2, 0) is 20.9 Å². The molecule has 3 rings (SSSR count). The third-order valence-corrected chi connectivity index (χ3v) is 7.57. The van der Waals surface area contributed by atoms with E-state index in [-0.39, 0.29) is 18.4 Å². The third kappa shape index (κ3) is 8.27. The van der Waals surface area contributed by atoms with Crippen LogP contribution in [0.3, 0.4) is 0 Å². The number of hydroxylamine groups is 2. The Labute approximate surface area is 220 Å². The van der Waals surface area contributed by atoms with E-state index >= 15 is 0 Å². The number of nitrogens with one attached hydrogen (secondary N) is 1. The molecular formula is C28H41N5O4. The van der Waals surface area contributed by atoms with Gasteiger partial charge in [-0.3, -0.25) is 24.5 Å². The zero-order chi connectivity index (χ0) is 27.0. The number of hydrogen-bond acceptors (Lipinski definition) is 6. The molecule has 202 valence electrons. The van der Waals surface area contributed by atoms with Crippen LogP contribution in [0.5, 0.6) is 0 Å². The fraction of sp³-hybridized carbons (Fsp3) is 0.643. The lowest BCUT2D eigenvalue weighted by Crippen LogP contribution is -2.59. The number of nitrogens with zero attached hydrogens (tertiary/aromatic N) is 4. The molecule has 1 unspecified atom stereocenters. The van der Waals surface area contributed by atoms with Gasteiger partial charge in [0.15, 0.2) is 0 Å². The normalized spacial score (nSPS) is 18.6. The molecule has 1 heterocycles. The number of carbonyl (C=O) groups excluding carboxylic acids is 3. The Hall–Kier alpha value is -2.96. The van der Waals surface area contributed by atoms with E-state index in [9.17, 15) is 19.6 Å². The molecular weight excluding hydrogens is 470 g/mol. The molecule has 1 aliphatic heterocycles. The lowest BCUT2D eigenvalue weighted by atomic mass is 9.84. The number of hydrogen-bond donors (Lipinski definition) is 2. The first-order valence-electron chi connectivity index (χ1n) is 13.3. The molecule has 37 heavy (non-hydrogen) atoms. The van der Waals surface area contributed by atoms with Crippen molar-refractivity contribution >= 4 is 18.2 Å². The van der Waals surface area contributed by atoms with Crippen molar-refractivity contribution in [2.75, 3.05) is 32.7 Å². The molecule has 2 fully saturated rings. The molecule has 0 radical (unpaired) electrons. The zero-order valence-electron chi connectivity index (χ0n) is 22.4. The second-order valence-corrected chi connectivity index (χ2v) is 11.5. The van der Waals surface area contributed by atoms with Gasteiger partial charge in [0.2, 0.25) is 18.2 Å². The summed E-state index contributed by atoms with van der Waals surface area (Å²) in [6, 6.07) is 8.97. The summed E-state index contributed by atoms with van der Waals surface area (Å²) in [5.41, 5.74) is 1.26. The molecule has 1 saturated carbocycles. The van der Waals surface area contributed by atoms with Gasteiger partial charge in [0, 0.05) is 32.7 Å². The lowest BCUT2D eigenvalue weighted by molar-refractivity contribution is -0.156. The van der Waals surface area contributed by atoms with Crippen LogP contribution in [-0.4, -0.2) is 77.1 Å². The van der Waals surface area contributed by atoms with E-state index < -0.39 is 17.4 Å². The van der Waals surface area contributed by atoms with E-state index in [0.29, 0.717) is 42.5 Å². The lowest BCUT2D eigenvalue weighted by Gasteiger charge is -2.40. The molecule has 3 amide bonds. The molecule has 2 aliphatic rings. The summed E-state index contributed by atoms with van der Waals surface area (Å²) < 4.78 is 0. The molecule has 2 atom stereocenters. The molecule has 9 heteroatoms. The molecule has 1 saturated heterocycles. The number of rotatable bonds is 10. The molecule has 0 aromatic heterocycles. The van der Waals surface area contributed by atoms with E-state index in [1.165, 1.54) is 0 Å².